The third-order valence-electron chi connectivity index (χ3n) is 2.93. The summed E-state index contributed by atoms with van der Waals surface area (Å²) < 4.78 is 1.31. The number of fused-ring (bicyclic) bond motifs is 1. The highest BCUT2D eigenvalue weighted by atomic mass is 16.2. The van der Waals surface area contributed by atoms with Gasteiger partial charge in [-0.05, 0) is 0 Å². The van der Waals surface area contributed by atoms with Crippen LogP contribution in [-0.4, -0.2) is 25.5 Å². The lowest BCUT2D eigenvalue weighted by Gasteiger charge is -2.02. The molecular formula is C14H10N6O2. The molecule has 0 aliphatic rings. The summed E-state index contributed by atoms with van der Waals surface area (Å²) in [7, 11) is 0. The molecule has 0 saturated heterocycles. The Hall–Kier alpha value is -3.47. The van der Waals surface area contributed by atoms with Gasteiger partial charge < -0.3 is 5.32 Å². The predicted molar refractivity (Wildman–Crippen MR) is 77.9 cm³/mol. The van der Waals surface area contributed by atoms with E-state index in [0.717, 1.165) is 5.56 Å². The number of amides is 1. The minimum absolute atomic E-state index is 0.0773. The lowest BCUT2D eigenvalue weighted by Crippen LogP contribution is -2.18. The summed E-state index contributed by atoms with van der Waals surface area (Å²) in [5.41, 5.74) is 0.378. The Balaban J connectivity index is 2.06. The quantitative estimate of drug-likeness (QED) is 0.745. The van der Waals surface area contributed by atoms with Crippen molar-refractivity contribution in [2.24, 2.45) is 0 Å². The van der Waals surface area contributed by atoms with Crippen LogP contribution in [0.3, 0.4) is 0 Å². The summed E-state index contributed by atoms with van der Waals surface area (Å²) >= 11 is 0. The summed E-state index contributed by atoms with van der Waals surface area (Å²) in [5, 5.41) is 17.6. The Morgan fingerprint density at radius 1 is 1.36 bits per heavy atom. The van der Waals surface area contributed by atoms with Gasteiger partial charge in [-0.2, -0.15) is 15.3 Å². The first kappa shape index (κ1) is 13.5. The van der Waals surface area contributed by atoms with Crippen LogP contribution in [0.2, 0.25) is 0 Å². The molecule has 3 rings (SSSR count). The van der Waals surface area contributed by atoms with Crippen LogP contribution in [0.25, 0.3) is 17.2 Å². The maximum atomic E-state index is 12.2. The molecule has 22 heavy (non-hydrogen) atoms. The molecular weight excluding hydrogens is 284 g/mol. The van der Waals surface area contributed by atoms with Gasteiger partial charge in [0, 0.05) is 11.6 Å². The van der Waals surface area contributed by atoms with E-state index in [1.807, 2.05) is 30.3 Å². The molecule has 0 aliphatic heterocycles. The second-order valence-electron chi connectivity index (χ2n) is 4.43. The topological polar surface area (TPSA) is 116 Å². The summed E-state index contributed by atoms with van der Waals surface area (Å²) in [6.07, 6.45) is -0.306. The zero-order valence-electron chi connectivity index (χ0n) is 11.3. The molecule has 1 aromatic carbocycles. The minimum Gasteiger partial charge on any atom is -0.310 e. The molecule has 2 N–H and O–H groups in total. The van der Waals surface area contributed by atoms with Gasteiger partial charge in [0.2, 0.25) is 11.7 Å². The van der Waals surface area contributed by atoms with Gasteiger partial charge in [-0.25, -0.2) is 9.50 Å². The van der Waals surface area contributed by atoms with Crippen LogP contribution in [0, 0.1) is 11.3 Å². The summed E-state index contributed by atoms with van der Waals surface area (Å²) in [6, 6.07) is 12.1. The predicted octanol–water partition coefficient (Wildman–Crippen LogP) is 0.937. The van der Waals surface area contributed by atoms with Gasteiger partial charge in [-0.3, -0.25) is 9.59 Å². The first-order valence-corrected chi connectivity index (χ1v) is 6.39. The van der Waals surface area contributed by atoms with Crippen molar-refractivity contribution in [3.05, 3.63) is 46.8 Å². The average Bonchev–Trinajstić information content (AvgIpc) is 2.92. The molecule has 0 saturated carbocycles. The van der Waals surface area contributed by atoms with Crippen LogP contribution in [0.15, 0.2) is 41.2 Å². The fourth-order valence-corrected chi connectivity index (χ4v) is 2.02. The molecule has 1 amide bonds. The third-order valence-corrected chi connectivity index (χ3v) is 2.93. The number of rotatable bonds is 3. The number of nitrogens with one attached hydrogen (secondary N) is 2. The lowest BCUT2D eigenvalue weighted by molar-refractivity contribution is -0.115. The summed E-state index contributed by atoms with van der Waals surface area (Å²) in [5.74, 6) is 0.191. The van der Waals surface area contributed by atoms with E-state index in [1.165, 1.54) is 10.5 Å². The Labute approximate surface area is 124 Å². The molecule has 0 radical (unpaired) electrons. The van der Waals surface area contributed by atoms with Crippen molar-refractivity contribution in [3.63, 3.8) is 0 Å². The summed E-state index contributed by atoms with van der Waals surface area (Å²) in [4.78, 5) is 27.7. The van der Waals surface area contributed by atoms with Crippen LogP contribution in [0.4, 0.5) is 5.82 Å². The van der Waals surface area contributed by atoms with Gasteiger partial charge >= 0.3 is 0 Å². The largest absolute Gasteiger partial charge is 0.310 e. The van der Waals surface area contributed by atoms with Gasteiger partial charge in [-0.15, -0.1) is 0 Å². The normalized spacial score (nSPS) is 10.3. The molecule has 3 aromatic rings. The number of H-pyrrole nitrogens is 1. The number of nitriles is 1. The number of aromatic amines is 1. The number of nitrogens with zero attached hydrogens (tertiary/aromatic N) is 4. The van der Waals surface area contributed by atoms with E-state index < -0.39 is 5.91 Å². The standard InChI is InChI=1S/C14H10N6O2/c15-7-6-11(21)16-10-8-12(22)20-13(18-19-14(20)17-10)9-4-2-1-3-5-9/h1-5,8H,6H2,(H,16,21)(H,17,19). The van der Waals surface area contributed by atoms with Gasteiger partial charge in [0.1, 0.15) is 12.2 Å². The van der Waals surface area contributed by atoms with E-state index in [0.29, 0.717) is 5.82 Å². The van der Waals surface area contributed by atoms with Crippen LogP contribution in [0.1, 0.15) is 6.42 Å². The van der Waals surface area contributed by atoms with E-state index in [-0.39, 0.29) is 23.6 Å². The SMILES string of the molecule is N#CCC(=O)Nc1cc(=O)n2c(-c3ccccc3)n[nH]c2n1. The fourth-order valence-electron chi connectivity index (χ4n) is 2.02. The number of hydrogen-bond donors (Lipinski definition) is 2. The Morgan fingerprint density at radius 3 is 2.86 bits per heavy atom. The van der Waals surface area contributed by atoms with Crippen molar-refractivity contribution in [1.29, 1.82) is 5.26 Å². The van der Waals surface area contributed by atoms with Crippen LogP contribution in [-0.2, 0) is 4.79 Å². The van der Waals surface area contributed by atoms with Gasteiger partial charge in [0.05, 0.1) is 6.07 Å². The van der Waals surface area contributed by atoms with E-state index >= 15 is 0 Å². The van der Waals surface area contributed by atoms with E-state index in [1.54, 1.807) is 6.07 Å². The van der Waals surface area contributed by atoms with Crippen LogP contribution < -0.4 is 10.9 Å². The maximum Gasteiger partial charge on any atom is 0.262 e. The number of hydrogen-bond acceptors (Lipinski definition) is 5. The van der Waals surface area contributed by atoms with Crippen molar-refractivity contribution in [2.75, 3.05) is 5.32 Å². The fraction of sp³-hybridized carbons (Fsp3) is 0.0714. The highest BCUT2D eigenvalue weighted by Crippen LogP contribution is 2.16. The number of anilines is 1. The molecule has 2 aromatic heterocycles. The monoisotopic (exact) mass is 294 g/mol. The molecule has 8 nitrogen and oxygen atoms in total. The van der Waals surface area contributed by atoms with Crippen molar-refractivity contribution in [3.8, 4) is 17.5 Å². The highest BCUT2D eigenvalue weighted by molar-refractivity contribution is 5.91. The number of carbonyl (C=O) groups excluding carboxylic acids is 1. The van der Waals surface area contributed by atoms with Crippen LogP contribution in [0.5, 0.6) is 0 Å². The number of aromatic nitrogens is 4. The third kappa shape index (κ3) is 2.43. The smallest absolute Gasteiger partial charge is 0.262 e. The molecule has 0 bridgehead atoms. The van der Waals surface area contributed by atoms with E-state index in [9.17, 15) is 9.59 Å². The molecule has 108 valence electrons. The Bertz CT molecular complexity index is 935. The molecule has 0 unspecified atom stereocenters. The molecule has 0 spiro atoms. The zero-order chi connectivity index (χ0) is 15.5. The molecule has 0 aliphatic carbocycles. The summed E-state index contributed by atoms with van der Waals surface area (Å²) in [6.45, 7) is 0. The van der Waals surface area contributed by atoms with Crippen LogP contribution >= 0.6 is 0 Å². The first-order chi connectivity index (χ1) is 10.7. The molecule has 2 heterocycles. The van der Waals surface area contributed by atoms with Gasteiger partial charge in [0.25, 0.3) is 5.56 Å². The first-order valence-electron chi connectivity index (χ1n) is 6.39. The van der Waals surface area contributed by atoms with Crippen molar-refractivity contribution in [2.45, 2.75) is 6.42 Å². The van der Waals surface area contributed by atoms with E-state index in [4.69, 9.17) is 5.26 Å². The van der Waals surface area contributed by atoms with Crippen molar-refractivity contribution >= 4 is 17.5 Å². The molecule has 8 heteroatoms. The second-order valence-corrected chi connectivity index (χ2v) is 4.43. The van der Waals surface area contributed by atoms with Gasteiger partial charge in [-0.1, -0.05) is 30.3 Å². The second kappa shape index (κ2) is 5.49. The number of benzene rings is 1. The van der Waals surface area contributed by atoms with Gasteiger partial charge in [0.15, 0.2) is 5.82 Å². The lowest BCUT2D eigenvalue weighted by atomic mass is 10.2. The molecule has 0 fully saturated rings. The Morgan fingerprint density at radius 2 is 2.14 bits per heavy atom. The minimum atomic E-state index is -0.526. The number of carbonyl (C=O) groups is 1. The zero-order valence-corrected chi connectivity index (χ0v) is 11.3. The van der Waals surface area contributed by atoms with Crippen molar-refractivity contribution < 1.29 is 4.79 Å². The average molecular weight is 294 g/mol. The van der Waals surface area contributed by atoms with Crippen molar-refractivity contribution in [1.82, 2.24) is 19.6 Å². The highest BCUT2D eigenvalue weighted by Gasteiger charge is 2.12. The molecule has 0 atom stereocenters. The Kier molecular flexibility index (Phi) is 3.37. The van der Waals surface area contributed by atoms with E-state index in [2.05, 4.69) is 20.5 Å². The maximum absolute atomic E-state index is 12.2.